The first kappa shape index (κ1) is 12.8. The minimum atomic E-state index is 0.0875. The smallest absolute Gasteiger partial charge is 0.115 e. The summed E-state index contributed by atoms with van der Waals surface area (Å²) >= 11 is 0. The van der Waals surface area contributed by atoms with E-state index in [1.54, 1.807) is 6.07 Å². The Hall–Kier alpha value is -1.87. The van der Waals surface area contributed by atoms with Crippen LogP contribution in [-0.2, 0) is 11.8 Å². The number of phenolic OH excluding ortho intramolecular Hbond substituents is 1. The summed E-state index contributed by atoms with van der Waals surface area (Å²) in [6.07, 6.45) is 6.50. The Bertz CT molecular complexity index is 650. The van der Waals surface area contributed by atoms with Crippen molar-refractivity contribution in [2.75, 3.05) is 6.54 Å². The van der Waals surface area contributed by atoms with Gasteiger partial charge < -0.3 is 10.4 Å². The van der Waals surface area contributed by atoms with E-state index in [4.69, 9.17) is 0 Å². The third kappa shape index (κ3) is 1.95. The van der Waals surface area contributed by atoms with Gasteiger partial charge in [0.1, 0.15) is 5.75 Å². The number of aromatic hydroxyl groups is 1. The van der Waals surface area contributed by atoms with Crippen LogP contribution in [0.25, 0.3) is 0 Å². The van der Waals surface area contributed by atoms with Crippen molar-refractivity contribution < 1.29 is 5.11 Å². The molecule has 0 spiro atoms. The number of phenols is 1. The number of fused-ring (bicyclic) bond motifs is 1. The molecule has 1 aromatic carbocycles. The summed E-state index contributed by atoms with van der Waals surface area (Å²) in [4.78, 5) is 4.64. The lowest BCUT2D eigenvalue weighted by Gasteiger charge is -2.49. The maximum atomic E-state index is 9.89. The summed E-state index contributed by atoms with van der Waals surface area (Å²) in [5, 5.41) is 13.6. The van der Waals surface area contributed by atoms with E-state index in [0.29, 0.717) is 5.75 Å². The van der Waals surface area contributed by atoms with Gasteiger partial charge in [-0.15, -0.1) is 0 Å². The molecule has 3 nitrogen and oxygen atoms in total. The predicted molar refractivity (Wildman–Crippen MR) is 82.3 cm³/mol. The van der Waals surface area contributed by atoms with Gasteiger partial charge in [-0.1, -0.05) is 18.6 Å². The summed E-state index contributed by atoms with van der Waals surface area (Å²) in [6, 6.07) is 12.3. The summed E-state index contributed by atoms with van der Waals surface area (Å²) in [7, 11) is 0. The van der Waals surface area contributed by atoms with Crippen LogP contribution in [0, 0.1) is 0 Å². The van der Waals surface area contributed by atoms with Gasteiger partial charge in [0, 0.05) is 23.3 Å². The molecule has 3 heteroatoms. The van der Waals surface area contributed by atoms with Crippen LogP contribution >= 0.6 is 0 Å². The monoisotopic (exact) mass is 280 g/mol. The number of hydrogen-bond acceptors (Lipinski definition) is 3. The summed E-state index contributed by atoms with van der Waals surface area (Å²) in [5.74, 6) is 0.359. The topological polar surface area (TPSA) is 45.2 Å². The number of nitrogens with zero attached hydrogens (tertiary/aromatic N) is 1. The Kier molecular flexibility index (Phi) is 2.96. The van der Waals surface area contributed by atoms with Gasteiger partial charge in [-0.2, -0.15) is 0 Å². The third-order valence-corrected chi connectivity index (χ3v) is 5.16. The minimum Gasteiger partial charge on any atom is -0.508 e. The van der Waals surface area contributed by atoms with Crippen molar-refractivity contribution in [2.45, 2.75) is 37.1 Å². The normalized spacial score (nSPS) is 23.1. The zero-order valence-corrected chi connectivity index (χ0v) is 12.0. The number of benzene rings is 1. The molecule has 1 aliphatic heterocycles. The SMILES string of the molecule is Oc1ccc2c(c1)C(C1(c3ccccn3)CCC1)NCC2. The fourth-order valence-electron chi connectivity index (χ4n) is 3.94. The van der Waals surface area contributed by atoms with Gasteiger partial charge in [0.2, 0.25) is 0 Å². The van der Waals surface area contributed by atoms with E-state index in [0.717, 1.165) is 25.8 Å². The van der Waals surface area contributed by atoms with E-state index in [1.165, 1.54) is 23.2 Å². The van der Waals surface area contributed by atoms with Crippen LogP contribution in [0.5, 0.6) is 5.75 Å². The summed E-state index contributed by atoms with van der Waals surface area (Å²) in [5.41, 5.74) is 3.89. The first-order valence-corrected chi connectivity index (χ1v) is 7.76. The van der Waals surface area contributed by atoms with E-state index in [-0.39, 0.29) is 11.5 Å². The van der Waals surface area contributed by atoms with E-state index in [9.17, 15) is 5.11 Å². The molecule has 2 aromatic rings. The fraction of sp³-hybridized carbons (Fsp3) is 0.389. The van der Waals surface area contributed by atoms with Crippen molar-refractivity contribution in [3.63, 3.8) is 0 Å². The highest BCUT2D eigenvalue weighted by Crippen LogP contribution is 2.52. The average Bonchev–Trinajstić information content (AvgIpc) is 2.48. The Morgan fingerprint density at radius 1 is 1.19 bits per heavy atom. The lowest BCUT2D eigenvalue weighted by atomic mass is 9.59. The molecule has 0 bridgehead atoms. The molecule has 4 rings (SSSR count). The zero-order chi connectivity index (χ0) is 14.3. The number of nitrogens with one attached hydrogen (secondary N) is 1. The lowest BCUT2D eigenvalue weighted by molar-refractivity contribution is 0.159. The summed E-state index contributed by atoms with van der Waals surface area (Å²) < 4.78 is 0. The highest BCUT2D eigenvalue weighted by Gasteiger charge is 2.48. The second-order valence-electron chi connectivity index (χ2n) is 6.24. The van der Waals surface area contributed by atoms with Crippen molar-refractivity contribution >= 4 is 0 Å². The van der Waals surface area contributed by atoms with Crippen molar-refractivity contribution in [3.8, 4) is 5.75 Å². The van der Waals surface area contributed by atoms with Crippen LogP contribution in [0.1, 0.15) is 42.1 Å². The van der Waals surface area contributed by atoms with Gasteiger partial charge in [-0.3, -0.25) is 4.98 Å². The van der Waals surface area contributed by atoms with Crippen LogP contribution in [0.4, 0.5) is 0 Å². The largest absolute Gasteiger partial charge is 0.508 e. The highest BCUT2D eigenvalue weighted by molar-refractivity contribution is 5.43. The molecule has 1 aromatic heterocycles. The van der Waals surface area contributed by atoms with Crippen molar-refractivity contribution in [1.82, 2.24) is 10.3 Å². The van der Waals surface area contributed by atoms with E-state index < -0.39 is 0 Å². The molecule has 2 heterocycles. The standard InChI is InChI=1S/C18H20N2O/c21-14-6-5-13-7-11-20-17(15(13)12-14)18(8-3-9-18)16-4-1-2-10-19-16/h1-2,4-6,10,12,17,20-21H,3,7-9,11H2. The molecule has 1 aliphatic carbocycles. The maximum absolute atomic E-state index is 9.89. The van der Waals surface area contributed by atoms with E-state index in [1.807, 2.05) is 18.3 Å². The summed E-state index contributed by atoms with van der Waals surface area (Å²) in [6.45, 7) is 0.997. The van der Waals surface area contributed by atoms with Crippen LogP contribution in [-0.4, -0.2) is 16.6 Å². The van der Waals surface area contributed by atoms with Gasteiger partial charge in [-0.05, 0) is 61.2 Å². The molecular formula is C18H20N2O. The number of pyridine rings is 1. The lowest BCUT2D eigenvalue weighted by Crippen LogP contribution is -2.49. The van der Waals surface area contributed by atoms with E-state index >= 15 is 0 Å². The molecule has 2 aliphatic rings. The van der Waals surface area contributed by atoms with Gasteiger partial charge in [0.15, 0.2) is 0 Å². The van der Waals surface area contributed by atoms with Crippen LogP contribution < -0.4 is 5.32 Å². The van der Waals surface area contributed by atoms with Crippen molar-refractivity contribution in [2.24, 2.45) is 0 Å². The van der Waals surface area contributed by atoms with Crippen LogP contribution in [0.3, 0.4) is 0 Å². The zero-order valence-electron chi connectivity index (χ0n) is 12.0. The first-order valence-electron chi connectivity index (χ1n) is 7.76. The van der Waals surface area contributed by atoms with Gasteiger partial charge in [-0.25, -0.2) is 0 Å². The molecule has 108 valence electrons. The Balaban J connectivity index is 1.82. The molecule has 2 N–H and O–H groups in total. The van der Waals surface area contributed by atoms with E-state index in [2.05, 4.69) is 28.5 Å². The molecule has 21 heavy (non-hydrogen) atoms. The quantitative estimate of drug-likeness (QED) is 0.888. The van der Waals surface area contributed by atoms with Crippen LogP contribution in [0.2, 0.25) is 0 Å². The fourth-order valence-corrected chi connectivity index (χ4v) is 3.94. The van der Waals surface area contributed by atoms with Gasteiger partial charge >= 0.3 is 0 Å². The minimum absolute atomic E-state index is 0.0875. The molecule has 0 radical (unpaired) electrons. The Labute approximate surface area is 125 Å². The number of rotatable bonds is 2. The maximum Gasteiger partial charge on any atom is 0.115 e. The average molecular weight is 280 g/mol. The van der Waals surface area contributed by atoms with Gasteiger partial charge in [0.05, 0.1) is 0 Å². The first-order chi connectivity index (χ1) is 10.3. The number of hydrogen-bond donors (Lipinski definition) is 2. The van der Waals surface area contributed by atoms with Crippen molar-refractivity contribution in [3.05, 3.63) is 59.4 Å². The molecule has 1 unspecified atom stereocenters. The molecule has 1 fully saturated rings. The Morgan fingerprint density at radius 2 is 2.10 bits per heavy atom. The molecular weight excluding hydrogens is 260 g/mol. The third-order valence-electron chi connectivity index (χ3n) is 5.16. The number of aromatic nitrogens is 1. The molecule has 0 saturated heterocycles. The molecule has 1 atom stereocenters. The molecule has 0 amide bonds. The Morgan fingerprint density at radius 3 is 2.81 bits per heavy atom. The highest BCUT2D eigenvalue weighted by atomic mass is 16.3. The second-order valence-corrected chi connectivity index (χ2v) is 6.24. The predicted octanol–water partition coefficient (Wildman–Crippen LogP) is 3.10. The van der Waals surface area contributed by atoms with Crippen LogP contribution in [0.15, 0.2) is 42.6 Å². The van der Waals surface area contributed by atoms with Gasteiger partial charge in [0.25, 0.3) is 0 Å². The second kappa shape index (κ2) is 4.85. The van der Waals surface area contributed by atoms with Crippen molar-refractivity contribution in [1.29, 1.82) is 0 Å². The molecule has 1 saturated carbocycles.